The molecule has 1 unspecified atom stereocenters. The molecule has 5 heteroatoms. The maximum absolute atomic E-state index is 12.3. The Morgan fingerprint density at radius 3 is 2.71 bits per heavy atom. The van der Waals surface area contributed by atoms with E-state index in [1.54, 1.807) is 0 Å². The van der Waals surface area contributed by atoms with Gasteiger partial charge in [0, 0.05) is 39.1 Å². The van der Waals surface area contributed by atoms with Gasteiger partial charge in [0.25, 0.3) is 0 Å². The minimum absolute atomic E-state index is 0.0327. The van der Waals surface area contributed by atoms with Crippen LogP contribution in [0.1, 0.15) is 57.8 Å². The predicted octanol–water partition coefficient (Wildman–Crippen LogP) is 2.92. The Morgan fingerprint density at radius 1 is 1.04 bits per heavy atom. The number of nitrogens with one attached hydrogen (secondary N) is 1. The van der Waals surface area contributed by atoms with Gasteiger partial charge in [0.15, 0.2) is 0 Å². The molecule has 3 rings (SSSR count). The molecule has 2 aliphatic heterocycles. The Kier molecular flexibility index (Phi) is 6.16. The van der Waals surface area contributed by atoms with Crippen LogP contribution in [0.2, 0.25) is 0 Å². The molecular weight excluding hydrogens is 302 g/mol. The maximum atomic E-state index is 12.3. The van der Waals surface area contributed by atoms with Crippen LogP contribution in [0.25, 0.3) is 0 Å². The Morgan fingerprint density at radius 2 is 1.88 bits per heavy atom. The highest BCUT2D eigenvalue weighted by Crippen LogP contribution is 2.31. The van der Waals surface area contributed by atoms with E-state index in [-0.39, 0.29) is 11.9 Å². The third-order valence-corrected chi connectivity index (χ3v) is 5.65. The fraction of sp³-hybridized carbons (Fsp3) is 0.789. The average molecular weight is 333 g/mol. The van der Waals surface area contributed by atoms with E-state index in [0.717, 1.165) is 51.9 Å². The van der Waals surface area contributed by atoms with Gasteiger partial charge in [0.1, 0.15) is 0 Å². The summed E-state index contributed by atoms with van der Waals surface area (Å²) in [7, 11) is 0. The summed E-state index contributed by atoms with van der Waals surface area (Å²) >= 11 is 0. The number of carbonyl (C=O) groups is 2. The minimum atomic E-state index is 0.0327. The lowest BCUT2D eigenvalue weighted by Crippen LogP contribution is -2.46. The van der Waals surface area contributed by atoms with Crippen LogP contribution in [0.15, 0.2) is 11.6 Å². The fourth-order valence-corrected chi connectivity index (χ4v) is 4.16. The van der Waals surface area contributed by atoms with Crippen molar-refractivity contribution in [1.29, 1.82) is 0 Å². The standard InChI is InChI=1S/C19H31N3O2/c23-18(21-12-4-1-5-13-21)9-6-11-20-19(24)22-14-10-16-7-2-3-8-17(16)15-22/h8,16H,1-7,9-15H2,(H,20,24). The second-order valence-corrected chi connectivity index (χ2v) is 7.39. The van der Waals surface area contributed by atoms with Crippen LogP contribution in [0.3, 0.4) is 0 Å². The van der Waals surface area contributed by atoms with Crippen molar-refractivity contribution < 1.29 is 9.59 Å². The molecule has 24 heavy (non-hydrogen) atoms. The van der Waals surface area contributed by atoms with E-state index in [0.29, 0.717) is 18.9 Å². The average Bonchev–Trinajstić information content (AvgIpc) is 2.65. The summed E-state index contributed by atoms with van der Waals surface area (Å²) in [5.74, 6) is 0.960. The first-order valence-electron chi connectivity index (χ1n) is 9.73. The number of likely N-dealkylation sites (tertiary alicyclic amines) is 2. The first kappa shape index (κ1) is 17.3. The van der Waals surface area contributed by atoms with E-state index < -0.39 is 0 Å². The molecule has 1 N–H and O–H groups in total. The summed E-state index contributed by atoms with van der Waals surface area (Å²) in [5, 5.41) is 3.00. The molecule has 3 amide bonds. The van der Waals surface area contributed by atoms with Gasteiger partial charge in [-0.25, -0.2) is 4.79 Å². The number of rotatable bonds is 4. The second-order valence-electron chi connectivity index (χ2n) is 7.39. The number of nitrogens with zero attached hydrogens (tertiary/aromatic N) is 2. The summed E-state index contributed by atoms with van der Waals surface area (Å²) < 4.78 is 0. The number of allylic oxidation sites excluding steroid dienone is 1. The molecule has 0 aromatic heterocycles. The molecular formula is C19H31N3O2. The van der Waals surface area contributed by atoms with E-state index in [9.17, 15) is 9.59 Å². The first-order chi connectivity index (χ1) is 11.7. The van der Waals surface area contributed by atoms with Gasteiger partial charge in [-0.15, -0.1) is 0 Å². The molecule has 0 bridgehead atoms. The lowest BCUT2D eigenvalue weighted by Gasteiger charge is -2.36. The topological polar surface area (TPSA) is 52.7 Å². The van der Waals surface area contributed by atoms with E-state index in [1.807, 2.05) is 9.80 Å². The van der Waals surface area contributed by atoms with Crippen LogP contribution in [0.4, 0.5) is 4.79 Å². The largest absolute Gasteiger partial charge is 0.343 e. The molecule has 0 aromatic rings. The van der Waals surface area contributed by atoms with Gasteiger partial charge in [-0.2, -0.15) is 0 Å². The first-order valence-corrected chi connectivity index (χ1v) is 9.73. The van der Waals surface area contributed by atoms with E-state index in [2.05, 4.69) is 11.4 Å². The third kappa shape index (κ3) is 4.52. The number of fused-ring (bicyclic) bond motifs is 1. The molecule has 0 saturated carbocycles. The van der Waals surface area contributed by atoms with Crippen LogP contribution < -0.4 is 5.32 Å². The SMILES string of the molecule is O=C(CCCNC(=O)N1CCC2CCCC=C2C1)N1CCCCC1. The zero-order valence-electron chi connectivity index (χ0n) is 14.8. The number of hydrogen-bond donors (Lipinski definition) is 1. The number of hydrogen-bond acceptors (Lipinski definition) is 2. The molecule has 0 spiro atoms. The van der Waals surface area contributed by atoms with Gasteiger partial charge >= 0.3 is 6.03 Å². The molecule has 1 atom stereocenters. The monoisotopic (exact) mass is 333 g/mol. The zero-order valence-corrected chi connectivity index (χ0v) is 14.8. The summed E-state index contributed by atoms with van der Waals surface area (Å²) in [6.45, 7) is 4.08. The third-order valence-electron chi connectivity index (χ3n) is 5.65. The molecule has 1 aliphatic carbocycles. The molecule has 2 fully saturated rings. The highest BCUT2D eigenvalue weighted by molar-refractivity contribution is 5.77. The van der Waals surface area contributed by atoms with Crippen molar-refractivity contribution in [2.24, 2.45) is 5.92 Å². The summed E-state index contributed by atoms with van der Waals surface area (Å²) in [6, 6.07) is 0.0327. The van der Waals surface area contributed by atoms with Gasteiger partial charge in [-0.05, 0) is 57.3 Å². The van der Waals surface area contributed by atoms with Crippen molar-refractivity contribution in [3.63, 3.8) is 0 Å². The summed E-state index contributed by atoms with van der Waals surface area (Å²) in [5.41, 5.74) is 1.46. The smallest absolute Gasteiger partial charge is 0.317 e. The van der Waals surface area contributed by atoms with Crippen molar-refractivity contribution >= 4 is 11.9 Å². The second kappa shape index (κ2) is 8.54. The van der Waals surface area contributed by atoms with Gasteiger partial charge < -0.3 is 15.1 Å². The van der Waals surface area contributed by atoms with Gasteiger partial charge in [0.05, 0.1) is 0 Å². The van der Waals surface area contributed by atoms with Crippen molar-refractivity contribution in [1.82, 2.24) is 15.1 Å². The number of piperidine rings is 2. The van der Waals surface area contributed by atoms with Gasteiger partial charge in [-0.1, -0.05) is 11.6 Å². The normalized spacial score (nSPS) is 24.2. The molecule has 3 aliphatic rings. The van der Waals surface area contributed by atoms with E-state index in [1.165, 1.54) is 31.3 Å². The highest BCUT2D eigenvalue weighted by Gasteiger charge is 2.27. The molecule has 0 radical (unpaired) electrons. The Balaban J connectivity index is 1.34. The molecule has 2 heterocycles. The number of amides is 3. The van der Waals surface area contributed by atoms with Crippen LogP contribution >= 0.6 is 0 Å². The van der Waals surface area contributed by atoms with Gasteiger partial charge in [-0.3, -0.25) is 4.79 Å². The van der Waals surface area contributed by atoms with Crippen molar-refractivity contribution in [3.8, 4) is 0 Å². The molecule has 2 saturated heterocycles. The Hall–Kier alpha value is -1.52. The molecule has 0 aromatic carbocycles. The molecule has 134 valence electrons. The lowest BCUT2D eigenvalue weighted by molar-refractivity contribution is -0.132. The zero-order chi connectivity index (χ0) is 16.8. The number of carbonyl (C=O) groups excluding carboxylic acids is 2. The lowest BCUT2D eigenvalue weighted by atomic mass is 9.82. The molecule has 5 nitrogen and oxygen atoms in total. The van der Waals surface area contributed by atoms with E-state index >= 15 is 0 Å². The Labute approximate surface area is 145 Å². The summed E-state index contributed by atoms with van der Waals surface area (Å²) in [6.07, 6.45) is 12.0. The van der Waals surface area contributed by atoms with Gasteiger partial charge in [0.2, 0.25) is 5.91 Å². The summed E-state index contributed by atoms with van der Waals surface area (Å²) in [4.78, 5) is 28.3. The number of urea groups is 1. The van der Waals surface area contributed by atoms with Crippen LogP contribution in [-0.4, -0.2) is 54.5 Å². The highest BCUT2D eigenvalue weighted by atomic mass is 16.2. The van der Waals surface area contributed by atoms with E-state index in [4.69, 9.17) is 0 Å². The van der Waals surface area contributed by atoms with Crippen molar-refractivity contribution in [3.05, 3.63) is 11.6 Å². The van der Waals surface area contributed by atoms with Crippen molar-refractivity contribution in [2.45, 2.75) is 57.8 Å². The van der Waals surface area contributed by atoms with Crippen LogP contribution in [0.5, 0.6) is 0 Å². The maximum Gasteiger partial charge on any atom is 0.317 e. The van der Waals surface area contributed by atoms with Crippen molar-refractivity contribution in [2.75, 3.05) is 32.7 Å². The van der Waals surface area contributed by atoms with Crippen LogP contribution in [-0.2, 0) is 4.79 Å². The quantitative estimate of drug-likeness (QED) is 0.635. The minimum Gasteiger partial charge on any atom is -0.343 e. The Bertz CT molecular complexity index is 483. The van der Waals surface area contributed by atoms with Crippen LogP contribution in [0, 0.1) is 5.92 Å². The fourth-order valence-electron chi connectivity index (χ4n) is 4.16. The predicted molar refractivity (Wildman–Crippen MR) is 94.7 cm³/mol.